The lowest BCUT2D eigenvalue weighted by molar-refractivity contribution is 0.651. The highest BCUT2D eigenvalue weighted by Gasteiger charge is 2.38. The highest BCUT2D eigenvalue weighted by atomic mass is 15.2. The average molecular weight is 1840 g/mol. The van der Waals surface area contributed by atoms with Gasteiger partial charge in [0.15, 0.2) is 0 Å². The number of rotatable bonds is 33. The molecule has 0 saturated heterocycles. The molecule has 2 unspecified atom stereocenters. The van der Waals surface area contributed by atoms with Crippen LogP contribution in [0.2, 0.25) is 0 Å². The summed E-state index contributed by atoms with van der Waals surface area (Å²) in [4.78, 5) is 7.07. The van der Waals surface area contributed by atoms with Crippen molar-refractivity contribution in [2.24, 2.45) is 5.92 Å². The van der Waals surface area contributed by atoms with Gasteiger partial charge in [-0.2, -0.15) is 0 Å². The molecule has 3 nitrogen and oxygen atoms in total. The minimum absolute atomic E-state index is 0.0183. The van der Waals surface area contributed by atoms with Crippen LogP contribution in [0.25, 0.3) is 89.0 Å². The van der Waals surface area contributed by atoms with E-state index in [2.05, 4.69) is 537 Å². The van der Waals surface area contributed by atoms with Crippen molar-refractivity contribution in [3.8, 4) is 77.9 Å². The Morgan fingerprint density at radius 1 is 0.437 bits per heavy atom. The lowest BCUT2D eigenvalue weighted by Crippen LogP contribution is -2.23. The van der Waals surface area contributed by atoms with Crippen LogP contribution in [0.5, 0.6) is 0 Å². The molecule has 5 aliphatic rings. The van der Waals surface area contributed by atoms with E-state index in [0.29, 0.717) is 5.92 Å². The Bertz CT molecular complexity index is 7160. The summed E-state index contributed by atoms with van der Waals surface area (Å²) in [6.45, 7) is 29.1. The van der Waals surface area contributed by atoms with Gasteiger partial charge in [-0.05, 0) is 321 Å². The predicted molar refractivity (Wildman–Crippen MR) is 616 cm³/mol. The molecule has 0 saturated carbocycles. The van der Waals surface area contributed by atoms with Gasteiger partial charge in [0, 0.05) is 63.6 Å². The number of benzene rings is 13. The number of fused-ring (bicyclic) bond motifs is 2. The van der Waals surface area contributed by atoms with Gasteiger partial charge in [0.1, 0.15) is 0 Å². The molecule has 0 bridgehead atoms. The fraction of sp³-hybridized carbons (Fsp3) is 0.137. The zero-order valence-corrected chi connectivity index (χ0v) is 83.3. The predicted octanol–water partition coefficient (Wildman–Crippen LogP) is 38.7. The maximum atomic E-state index is 4.10. The highest BCUT2D eigenvalue weighted by molar-refractivity contribution is 5.93. The van der Waals surface area contributed by atoms with Gasteiger partial charge < -0.3 is 14.7 Å². The monoisotopic (exact) mass is 1840 g/mol. The van der Waals surface area contributed by atoms with E-state index in [1.54, 1.807) is 6.08 Å². The van der Waals surface area contributed by atoms with Crippen molar-refractivity contribution in [2.45, 2.75) is 117 Å². The molecule has 0 fully saturated rings. The van der Waals surface area contributed by atoms with E-state index in [1.807, 2.05) is 43.4 Å². The second kappa shape index (κ2) is 49.4. The Morgan fingerprint density at radius 2 is 0.986 bits per heavy atom. The van der Waals surface area contributed by atoms with Crippen LogP contribution in [0, 0.1) is 5.92 Å². The Labute approximate surface area is 846 Å². The van der Waals surface area contributed by atoms with Gasteiger partial charge in [0.2, 0.25) is 0 Å². The molecule has 702 valence electrons. The SMILES string of the molecule is C=C/C(=C\C=C\N(c1ccc(-c2ccccc2)cc1)c1ccc(-c2ccc3c(c2)C(C)(C)C2=C3CCC=C2)c(-c2ccccc2)c1)c1ccccc1.C=C/C=C\C=C\C(C=C)C/C=C/N(/C(C)=C/C=C(C)/C(C)=C/C=C\C)c1ccc(-c2ccccc2)c(-c2ccccc2)c1.C=CCCc1cccc(-c2ccc(N(C3=CCC(c4ccccc4)C=C3)C3=CC=C(C4=CC=CCC4)CC3)cc2-c2ccccc2)c1. The Balaban J connectivity index is 0.000000154. The molecular weight excluding hydrogens is 1710 g/mol. The van der Waals surface area contributed by atoms with Crippen LogP contribution in [-0.2, 0) is 11.8 Å². The fourth-order valence-corrected chi connectivity index (χ4v) is 19.5. The molecule has 5 aliphatic carbocycles. The first kappa shape index (κ1) is 98.8. The summed E-state index contributed by atoms with van der Waals surface area (Å²) in [5, 5.41) is 0. The van der Waals surface area contributed by atoms with Crippen LogP contribution in [0.3, 0.4) is 0 Å². The molecule has 0 aromatic heterocycles. The number of hydrogen-bond donors (Lipinski definition) is 0. The van der Waals surface area contributed by atoms with E-state index in [0.717, 1.165) is 98.1 Å². The number of aryl methyl sites for hydroxylation is 1. The minimum atomic E-state index is -0.0183. The van der Waals surface area contributed by atoms with Crippen molar-refractivity contribution in [2.75, 3.05) is 14.7 Å². The maximum absolute atomic E-state index is 4.10. The van der Waals surface area contributed by atoms with Crippen molar-refractivity contribution < 1.29 is 0 Å². The number of anilines is 4. The summed E-state index contributed by atoms with van der Waals surface area (Å²) in [7, 11) is 0. The molecule has 18 rings (SSSR count). The molecule has 0 aliphatic heterocycles. The third-order valence-corrected chi connectivity index (χ3v) is 27.5. The smallest absolute Gasteiger partial charge is 0.0464 e. The molecule has 0 amide bonds. The Kier molecular flexibility index (Phi) is 34.4. The third kappa shape index (κ3) is 24.9. The summed E-state index contributed by atoms with van der Waals surface area (Å²) in [6.07, 6.45) is 71.1. The van der Waals surface area contributed by atoms with Gasteiger partial charge in [0.25, 0.3) is 0 Å². The first-order valence-corrected chi connectivity index (χ1v) is 50.4. The van der Waals surface area contributed by atoms with Gasteiger partial charge >= 0.3 is 0 Å². The molecule has 3 heteroatoms. The molecule has 0 heterocycles. The first-order chi connectivity index (χ1) is 69.7. The van der Waals surface area contributed by atoms with Gasteiger partial charge in [-0.15, -0.1) is 13.2 Å². The van der Waals surface area contributed by atoms with E-state index in [4.69, 9.17) is 0 Å². The normalized spacial score (nSPS) is 15.3. The van der Waals surface area contributed by atoms with Crippen molar-refractivity contribution in [1.82, 2.24) is 0 Å². The van der Waals surface area contributed by atoms with Crippen LogP contribution < -0.4 is 14.7 Å². The second-order valence-electron chi connectivity index (χ2n) is 37.2. The topological polar surface area (TPSA) is 9.72 Å². The van der Waals surface area contributed by atoms with Crippen LogP contribution >= 0.6 is 0 Å². The summed E-state index contributed by atoms with van der Waals surface area (Å²) in [5.74, 6) is 0.634. The molecule has 13 aromatic rings. The number of hydrogen-bond acceptors (Lipinski definition) is 3. The maximum Gasteiger partial charge on any atom is 0.0464 e. The lowest BCUT2D eigenvalue weighted by Gasteiger charge is -2.33. The van der Waals surface area contributed by atoms with Crippen molar-refractivity contribution >= 4 is 33.9 Å². The van der Waals surface area contributed by atoms with Gasteiger partial charge in [-0.1, -0.05) is 440 Å². The second-order valence-corrected chi connectivity index (χ2v) is 37.2. The number of nitrogens with zero attached hydrogens (tertiary/aromatic N) is 3. The molecular formula is C139H131N3. The Morgan fingerprint density at radius 3 is 1.58 bits per heavy atom. The van der Waals surface area contributed by atoms with Gasteiger partial charge in [-0.25, -0.2) is 0 Å². The highest BCUT2D eigenvalue weighted by Crippen LogP contribution is 2.52. The van der Waals surface area contributed by atoms with E-state index in [1.165, 1.54) is 151 Å². The lowest BCUT2D eigenvalue weighted by atomic mass is 9.79. The molecule has 142 heavy (non-hydrogen) atoms. The summed E-state index contributed by atoms with van der Waals surface area (Å²) in [6, 6.07) is 120. The fourth-order valence-electron chi connectivity index (χ4n) is 19.5. The molecule has 13 aromatic carbocycles. The van der Waals surface area contributed by atoms with Crippen LogP contribution in [0.4, 0.5) is 22.7 Å². The van der Waals surface area contributed by atoms with Gasteiger partial charge in [-0.3, -0.25) is 0 Å². The summed E-state index contributed by atoms with van der Waals surface area (Å²) >= 11 is 0. The molecule has 0 radical (unpaired) electrons. The van der Waals surface area contributed by atoms with E-state index >= 15 is 0 Å². The first-order valence-electron chi connectivity index (χ1n) is 50.4. The van der Waals surface area contributed by atoms with Gasteiger partial charge in [0.05, 0.1) is 0 Å². The zero-order valence-electron chi connectivity index (χ0n) is 83.3. The van der Waals surface area contributed by atoms with E-state index < -0.39 is 0 Å². The summed E-state index contributed by atoms with van der Waals surface area (Å²) < 4.78 is 0. The van der Waals surface area contributed by atoms with E-state index in [9.17, 15) is 0 Å². The van der Waals surface area contributed by atoms with Crippen LogP contribution in [0.1, 0.15) is 133 Å². The summed E-state index contributed by atoms with van der Waals surface area (Å²) in [5.41, 5.74) is 41.5. The number of allylic oxidation sites excluding steroid dienone is 35. The van der Waals surface area contributed by atoms with Crippen LogP contribution in [-0.4, -0.2) is 0 Å². The zero-order chi connectivity index (χ0) is 98.2. The van der Waals surface area contributed by atoms with Crippen molar-refractivity contribution in [3.63, 3.8) is 0 Å². The molecule has 2 atom stereocenters. The quantitative estimate of drug-likeness (QED) is 0.0300. The van der Waals surface area contributed by atoms with Crippen molar-refractivity contribution in [3.05, 3.63) is 603 Å². The standard InChI is InChI=1S/C51H43N.C46H43N.C42H45N/c1-4-37(38-17-8-5-9-18-38)23-16-34-52(43-29-26-40(27-30-43)39-19-10-6-11-20-39)44-31-33-45(48(36-44)41-21-12-7-13-22-41)42-28-32-47-46-24-14-15-25-49(46)51(2,3)50(47)35-42;1-2-3-14-35-15-13-22-41(33-35)45-32-31-44(34-46(45)40-20-11-6-12-21-40)47(42-27-23-38(24-28-42)36-16-7-4-8-17-36)43-29-25-39(26-30-43)37-18-9-5-10-19-37;1-7-10-12-15-22-37(9-3)23-20-32-43(36(6)29-28-35(5)34(4)21-11-8-2)40-30-31-41(38-24-16-13-17-25-38)42(33-40)39-26-18-14-19-27-39/h4-13,15-23,25-36H,1,14,24H2,2-3H3;2,4-9,11-13,15-18,20-23,25,27-29,31-34,38H,1,3,10,14,19,24,26,30H2;7-22,24-33,37H,1,3,23H2,2,4-6H3/b34-16+,37-23+;;11-8-,12-10-,22-15+,32-20+,34-21+,35-28+,36-29+. The third-order valence-electron chi connectivity index (χ3n) is 27.5. The largest absolute Gasteiger partial charge is 0.321 e. The molecule has 0 spiro atoms. The molecule has 0 N–H and O–H groups in total. The van der Waals surface area contributed by atoms with E-state index in [-0.39, 0.29) is 11.3 Å². The van der Waals surface area contributed by atoms with Crippen molar-refractivity contribution in [1.29, 1.82) is 0 Å². The average Bonchev–Trinajstić information content (AvgIpc) is 1.57. The van der Waals surface area contributed by atoms with Crippen LogP contribution in [0.15, 0.2) is 575 Å². The Hall–Kier alpha value is -16.2. The minimum Gasteiger partial charge on any atom is -0.321 e.